The van der Waals surface area contributed by atoms with Crippen molar-refractivity contribution in [1.82, 2.24) is 0 Å². The Labute approximate surface area is 195 Å². The Morgan fingerprint density at radius 1 is 0.886 bits per heavy atom. The molecule has 182 valence electrons. The number of aryl methyl sites for hydroxylation is 1. The number of alkyl halides is 4. The van der Waals surface area contributed by atoms with Gasteiger partial charge >= 0.3 is 19.2 Å². The number of benzene rings is 3. The van der Waals surface area contributed by atoms with Crippen molar-refractivity contribution in [2.45, 2.75) is 33.5 Å². The lowest BCUT2D eigenvalue weighted by Gasteiger charge is -2.17. The van der Waals surface area contributed by atoms with Gasteiger partial charge in [-0.3, -0.25) is 14.4 Å². The number of hydrogen-bond donors (Lipinski definition) is 0. The lowest BCUT2D eigenvalue weighted by Crippen LogP contribution is -2.29. The van der Waals surface area contributed by atoms with Crippen LogP contribution in [-0.4, -0.2) is 31.0 Å². The van der Waals surface area contributed by atoms with E-state index < -0.39 is 53.6 Å². The van der Waals surface area contributed by atoms with E-state index in [1.807, 2.05) is 0 Å². The lowest BCUT2D eigenvalue weighted by atomic mass is 9.99. The maximum Gasteiger partial charge on any atom is 0.387 e. The molecule has 0 saturated heterocycles. The molecule has 7 nitrogen and oxygen atoms in total. The molecule has 0 saturated carbocycles. The third-order valence-electron chi connectivity index (χ3n) is 5.31. The number of rotatable bonds is 7. The van der Waals surface area contributed by atoms with E-state index in [0.29, 0.717) is 16.9 Å². The average molecular weight is 491 g/mol. The summed E-state index contributed by atoms with van der Waals surface area (Å²) in [4.78, 5) is 38.8. The van der Waals surface area contributed by atoms with Crippen molar-refractivity contribution in [3.05, 3.63) is 59.2 Å². The number of carbonyl (C=O) groups is 3. The van der Waals surface area contributed by atoms with Crippen molar-refractivity contribution in [2.24, 2.45) is 0 Å². The Balaban J connectivity index is 1.95. The highest BCUT2D eigenvalue weighted by atomic mass is 19.3. The van der Waals surface area contributed by atoms with Crippen LogP contribution in [0.15, 0.2) is 42.5 Å². The Morgan fingerprint density at radius 2 is 1.40 bits per heavy atom. The number of amides is 2. The van der Waals surface area contributed by atoms with Crippen molar-refractivity contribution in [3.8, 4) is 17.2 Å². The number of imide groups is 1. The zero-order valence-electron chi connectivity index (χ0n) is 18.3. The summed E-state index contributed by atoms with van der Waals surface area (Å²) >= 11 is 0. The lowest BCUT2D eigenvalue weighted by molar-refractivity contribution is -0.131. The van der Waals surface area contributed by atoms with Crippen LogP contribution in [0.3, 0.4) is 0 Å². The van der Waals surface area contributed by atoms with E-state index in [1.54, 1.807) is 6.92 Å². The number of carbonyl (C=O) groups excluding carboxylic acids is 3. The van der Waals surface area contributed by atoms with Gasteiger partial charge in [-0.2, -0.15) is 17.6 Å². The molecule has 0 fully saturated rings. The van der Waals surface area contributed by atoms with Gasteiger partial charge in [0.1, 0.15) is 17.2 Å². The number of hydrogen-bond acceptors (Lipinski definition) is 6. The smallest absolute Gasteiger partial charge is 0.387 e. The molecule has 0 unspecified atom stereocenters. The van der Waals surface area contributed by atoms with Crippen molar-refractivity contribution >= 4 is 34.2 Å². The summed E-state index contributed by atoms with van der Waals surface area (Å²) in [5.41, 5.74) is -0.759. The third-order valence-corrected chi connectivity index (χ3v) is 5.31. The van der Waals surface area contributed by atoms with Gasteiger partial charge in [0, 0.05) is 17.7 Å². The van der Waals surface area contributed by atoms with E-state index in [2.05, 4.69) is 9.47 Å². The van der Waals surface area contributed by atoms with Crippen molar-refractivity contribution < 1.29 is 46.2 Å². The second-order valence-electron chi connectivity index (χ2n) is 7.40. The van der Waals surface area contributed by atoms with Gasteiger partial charge in [-0.1, -0.05) is 31.2 Å². The standard InChI is InChI=1S/C24H17F4NO6/c1-3-12-10-13(8-9-16(12)33-11(2)30)29-21(31)17-18(22(29)32)20(35-24(27)28)15-7-5-4-6-14(15)19(17)34-23(25)26/h4-10,23-24H,3H2,1-2H3. The first-order chi connectivity index (χ1) is 16.6. The number of nitrogens with zero attached hydrogens (tertiary/aromatic N) is 1. The fraction of sp³-hybridized carbons (Fsp3) is 0.208. The summed E-state index contributed by atoms with van der Waals surface area (Å²) < 4.78 is 67.5. The molecule has 0 radical (unpaired) electrons. The fourth-order valence-electron chi connectivity index (χ4n) is 3.99. The number of halogens is 4. The molecule has 1 heterocycles. The molecular weight excluding hydrogens is 474 g/mol. The van der Waals surface area contributed by atoms with E-state index in [4.69, 9.17) is 4.74 Å². The van der Waals surface area contributed by atoms with Gasteiger partial charge in [0.15, 0.2) is 0 Å². The third kappa shape index (κ3) is 4.25. The van der Waals surface area contributed by atoms with Crippen LogP contribution >= 0.6 is 0 Å². The summed E-state index contributed by atoms with van der Waals surface area (Å²) in [7, 11) is 0. The first-order valence-corrected chi connectivity index (χ1v) is 10.3. The van der Waals surface area contributed by atoms with Gasteiger partial charge in [-0.05, 0) is 30.2 Å². The molecule has 0 atom stereocenters. The number of esters is 1. The van der Waals surface area contributed by atoms with Gasteiger partial charge in [0.05, 0.1) is 16.8 Å². The summed E-state index contributed by atoms with van der Waals surface area (Å²) in [6.07, 6.45) is 0.350. The van der Waals surface area contributed by atoms with Crippen LogP contribution in [0.4, 0.5) is 23.2 Å². The zero-order chi connectivity index (χ0) is 25.4. The molecule has 1 aliphatic rings. The van der Waals surface area contributed by atoms with Crippen molar-refractivity contribution in [1.29, 1.82) is 0 Å². The first-order valence-electron chi connectivity index (χ1n) is 10.3. The molecule has 1 aliphatic heterocycles. The van der Waals surface area contributed by atoms with Crippen molar-refractivity contribution in [3.63, 3.8) is 0 Å². The molecule has 3 aromatic carbocycles. The van der Waals surface area contributed by atoms with Crippen LogP contribution in [0.25, 0.3) is 10.8 Å². The minimum Gasteiger partial charge on any atom is -0.433 e. The minimum atomic E-state index is -3.36. The van der Waals surface area contributed by atoms with E-state index in [0.717, 1.165) is 0 Å². The molecule has 35 heavy (non-hydrogen) atoms. The van der Waals surface area contributed by atoms with Crippen LogP contribution in [0.1, 0.15) is 40.1 Å². The Morgan fingerprint density at radius 3 is 1.83 bits per heavy atom. The second-order valence-corrected chi connectivity index (χ2v) is 7.40. The monoisotopic (exact) mass is 491 g/mol. The molecule has 11 heteroatoms. The first kappa shape index (κ1) is 24.0. The minimum absolute atomic E-state index is 0.0130. The van der Waals surface area contributed by atoms with Crippen LogP contribution < -0.4 is 19.1 Å². The molecule has 3 aromatic rings. The molecule has 0 aliphatic carbocycles. The van der Waals surface area contributed by atoms with Gasteiger partial charge in [-0.15, -0.1) is 0 Å². The second kappa shape index (κ2) is 9.24. The normalized spacial score (nSPS) is 13.1. The summed E-state index contributed by atoms with van der Waals surface area (Å²) in [6, 6.07) is 9.51. The largest absolute Gasteiger partial charge is 0.433 e. The molecule has 0 aromatic heterocycles. The molecule has 0 spiro atoms. The quantitative estimate of drug-likeness (QED) is 0.192. The van der Waals surface area contributed by atoms with Gasteiger partial charge in [0.2, 0.25) is 0 Å². The highest BCUT2D eigenvalue weighted by molar-refractivity contribution is 6.38. The molecule has 2 amide bonds. The summed E-state index contributed by atoms with van der Waals surface area (Å²) in [5.74, 6) is -3.75. The van der Waals surface area contributed by atoms with Gasteiger partial charge < -0.3 is 14.2 Å². The Hall–Kier alpha value is -4.15. The molecule has 0 N–H and O–H groups in total. The number of anilines is 1. The van der Waals surface area contributed by atoms with Gasteiger partial charge in [-0.25, -0.2) is 4.90 Å². The van der Waals surface area contributed by atoms with Crippen molar-refractivity contribution in [2.75, 3.05) is 4.90 Å². The molecular formula is C24H17F4NO6. The highest BCUT2D eigenvalue weighted by Gasteiger charge is 2.44. The number of fused-ring (bicyclic) bond motifs is 2. The highest BCUT2D eigenvalue weighted by Crippen LogP contribution is 2.47. The SMILES string of the molecule is CCc1cc(N2C(=O)c3c(c(OC(F)F)c4ccccc4c3OC(F)F)C2=O)ccc1OC(C)=O. The molecule has 0 bridgehead atoms. The van der Waals surface area contributed by atoms with Crippen LogP contribution in [0.5, 0.6) is 17.2 Å². The molecule has 4 rings (SSSR count). The van der Waals surface area contributed by atoms with Crippen LogP contribution in [0, 0.1) is 0 Å². The zero-order valence-corrected chi connectivity index (χ0v) is 18.3. The van der Waals surface area contributed by atoms with E-state index in [9.17, 15) is 31.9 Å². The topological polar surface area (TPSA) is 82.1 Å². The Kier molecular flexibility index (Phi) is 6.33. The van der Waals surface area contributed by atoms with Crippen LogP contribution in [0.2, 0.25) is 0 Å². The van der Waals surface area contributed by atoms with E-state index in [1.165, 1.54) is 49.4 Å². The fourth-order valence-corrected chi connectivity index (χ4v) is 3.99. The van der Waals surface area contributed by atoms with Gasteiger partial charge in [0.25, 0.3) is 11.8 Å². The van der Waals surface area contributed by atoms with E-state index in [-0.39, 0.29) is 22.2 Å². The maximum absolute atomic E-state index is 13.4. The number of ether oxygens (including phenoxy) is 3. The predicted molar refractivity (Wildman–Crippen MR) is 115 cm³/mol. The average Bonchev–Trinajstić information content (AvgIpc) is 3.05. The predicted octanol–water partition coefficient (Wildman–Crippen LogP) is 5.33. The summed E-state index contributed by atoms with van der Waals surface area (Å²) in [6.45, 7) is -3.78. The summed E-state index contributed by atoms with van der Waals surface area (Å²) in [5, 5.41) is -0.214. The maximum atomic E-state index is 13.4. The van der Waals surface area contributed by atoms with E-state index >= 15 is 0 Å². The van der Waals surface area contributed by atoms with Crippen LogP contribution in [-0.2, 0) is 11.2 Å². The Bertz CT molecular complexity index is 1290.